The standard InChI is InChI=1S/C5H9NO.C3H7Cl/c1-2-5-6-3-4-7-5;1-2-3-4/h2-4H2,1H3;2-3H2,1H3. The van der Waals surface area contributed by atoms with Gasteiger partial charge in [0.05, 0.1) is 6.54 Å². The molecule has 1 rings (SSSR count). The summed E-state index contributed by atoms with van der Waals surface area (Å²) in [5.41, 5.74) is 0. The van der Waals surface area contributed by atoms with Crippen LogP contribution >= 0.6 is 11.6 Å². The van der Waals surface area contributed by atoms with Crippen LogP contribution in [0.5, 0.6) is 0 Å². The van der Waals surface area contributed by atoms with Crippen molar-refractivity contribution in [3.63, 3.8) is 0 Å². The number of alkyl halides is 1. The van der Waals surface area contributed by atoms with Crippen LogP contribution in [0.3, 0.4) is 0 Å². The molecule has 0 atom stereocenters. The van der Waals surface area contributed by atoms with Crippen LogP contribution in [0.2, 0.25) is 0 Å². The van der Waals surface area contributed by atoms with Crippen LogP contribution in [0, 0.1) is 0 Å². The molecule has 0 amide bonds. The molecule has 0 aromatic carbocycles. The number of nitrogens with zero attached hydrogens (tertiary/aromatic N) is 1. The number of aliphatic imine (C=N–C) groups is 1. The van der Waals surface area contributed by atoms with E-state index in [-0.39, 0.29) is 0 Å². The second-order valence-corrected chi connectivity index (χ2v) is 2.54. The molecule has 0 aliphatic carbocycles. The molecule has 0 N–H and O–H groups in total. The predicted octanol–water partition coefficient (Wildman–Crippen LogP) is 2.46. The lowest BCUT2D eigenvalue weighted by Gasteiger charge is -1.91. The van der Waals surface area contributed by atoms with Gasteiger partial charge in [0.2, 0.25) is 0 Å². The third-order valence-corrected chi connectivity index (χ3v) is 1.52. The first kappa shape index (κ1) is 10.8. The monoisotopic (exact) mass is 177 g/mol. The van der Waals surface area contributed by atoms with Gasteiger partial charge >= 0.3 is 0 Å². The first-order chi connectivity index (χ1) is 5.35. The number of rotatable bonds is 2. The molecule has 3 heteroatoms. The van der Waals surface area contributed by atoms with Crippen molar-refractivity contribution < 1.29 is 4.74 Å². The van der Waals surface area contributed by atoms with E-state index in [1.807, 2.05) is 13.8 Å². The fourth-order valence-corrected chi connectivity index (χ4v) is 0.593. The average molecular weight is 178 g/mol. The van der Waals surface area contributed by atoms with E-state index >= 15 is 0 Å². The van der Waals surface area contributed by atoms with Crippen molar-refractivity contribution in [3.8, 4) is 0 Å². The van der Waals surface area contributed by atoms with Gasteiger partial charge in [-0.1, -0.05) is 13.8 Å². The van der Waals surface area contributed by atoms with E-state index < -0.39 is 0 Å². The summed E-state index contributed by atoms with van der Waals surface area (Å²) in [4.78, 5) is 4.05. The topological polar surface area (TPSA) is 21.6 Å². The third kappa shape index (κ3) is 6.17. The zero-order valence-corrected chi connectivity index (χ0v) is 8.02. The van der Waals surface area contributed by atoms with Crippen LogP contribution in [0.4, 0.5) is 0 Å². The summed E-state index contributed by atoms with van der Waals surface area (Å²) in [6.45, 7) is 5.75. The van der Waals surface area contributed by atoms with Gasteiger partial charge in [-0.25, -0.2) is 0 Å². The normalized spacial score (nSPS) is 14.6. The molecule has 0 aromatic heterocycles. The first-order valence-electron chi connectivity index (χ1n) is 4.07. The second-order valence-electron chi connectivity index (χ2n) is 2.17. The largest absolute Gasteiger partial charge is 0.479 e. The number of hydrogen-bond donors (Lipinski definition) is 0. The maximum absolute atomic E-state index is 5.19. The van der Waals surface area contributed by atoms with Crippen molar-refractivity contribution in [2.45, 2.75) is 26.7 Å². The highest BCUT2D eigenvalue weighted by Crippen LogP contribution is 1.95. The Hall–Kier alpha value is -0.240. The van der Waals surface area contributed by atoms with Gasteiger partial charge in [0.25, 0.3) is 0 Å². The molecule has 1 aliphatic heterocycles. The maximum atomic E-state index is 5.19. The number of halogens is 1. The van der Waals surface area contributed by atoms with E-state index in [0.29, 0.717) is 0 Å². The smallest absolute Gasteiger partial charge is 0.183 e. The van der Waals surface area contributed by atoms with Gasteiger partial charge in [-0.3, -0.25) is 4.99 Å². The SMILES string of the molecule is CCC1=NCCO1.CCCCl. The Balaban J connectivity index is 0.000000218. The highest BCUT2D eigenvalue weighted by atomic mass is 35.5. The third-order valence-electron chi connectivity index (χ3n) is 1.14. The Morgan fingerprint density at radius 2 is 2.18 bits per heavy atom. The maximum Gasteiger partial charge on any atom is 0.183 e. The van der Waals surface area contributed by atoms with Crippen molar-refractivity contribution in [2.75, 3.05) is 19.0 Å². The summed E-state index contributed by atoms with van der Waals surface area (Å²) in [5.74, 6) is 1.71. The minimum absolute atomic E-state index is 0.792. The fourth-order valence-electron chi connectivity index (χ4n) is 0.593. The summed E-state index contributed by atoms with van der Waals surface area (Å²) < 4.78 is 5.05. The van der Waals surface area contributed by atoms with Crippen molar-refractivity contribution in [1.29, 1.82) is 0 Å². The van der Waals surface area contributed by atoms with E-state index in [1.54, 1.807) is 0 Å². The van der Waals surface area contributed by atoms with Crippen LogP contribution in [0.15, 0.2) is 4.99 Å². The van der Waals surface area contributed by atoms with Crippen LogP contribution in [0.25, 0.3) is 0 Å². The molecule has 0 fully saturated rings. The fraction of sp³-hybridized carbons (Fsp3) is 0.875. The van der Waals surface area contributed by atoms with E-state index in [2.05, 4.69) is 4.99 Å². The minimum atomic E-state index is 0.792. The molecular formula is C8H16ClNO. The average Bonchev–Trinajstić information content (AvgIpc) is 2.56. The van der Waals surface area contributed by atoms with Crippen LogP contribution in [0.1, 0.15) is 26.7 Å². The quantitative estimate of drug-likeness (QED) is 0.594. The van der Waals surface area contributed by atoms with Gasteiger partial charge in [0, 0.05) is 12.3 Å². The van der Waals surface area contributed by atoms with Crippen molar-refractivity contribution in [3.05, 3.63) is 0 Å². The molecule has 0 aromatic rings. The zero-order valence-electron chi connectivity index (χ0n) is 7.27. The first-order valence-corrected chi connectivity index (χ1v) is 4.60. The molecule has 1 heterocycles. The summed E-state index contributed by atoms with van der Waals surface area (Å²) in [6.07, 6.45) is 2.03. The summed E-state index contributed by atoms with van der Waals surface area (Å²) in [5, 5.41) is 0. The van der Waals surface area contributed by atoms with Gasteiger partial charge in [-0.15, -0.1) is 11.6 Å². The minimum Gasteiger partial charge on any atom is -0.479 e. The molecule has 0 spiro atoms. The highest BCUT2D eigenvalue weighted by Gasteiger charge is 2.01. The van der Waals surface area contributed by atoms with Gasteiger partial charge in [-0.2, -0.15) is 0 Å². The second kappa shape index (κ2) is 7.86. The lowest BCUT2D eigenvalue weighted by molar-refractivity contribution is 0.340. The molecule has 0 radical (unpaired) electrons. The molecule has 66 valence electrons. The van der Waals surface area contributed by atoms with Gasteiger partial charge in [-0.05, 0) is 6.42 Å². The van der Waals surface area contributed by atoms with Crippen molar-refractivity contribution in [2.24, 2.45) is 4.99 Å². The Bertz CT molecular complexity index is 113. The summed E-state index contributed by atoms with van der Waals surface area (Å²) >= 11 is 5.19. The van der Waals surface area contributed by atoms with Gasteiger partial charge < -0.3 is 4.74 Å². The molecule has 11 heavy (non-hydrogen) atoms. The molecule has 0 bridgehead atoms. The van der Waals surface area contributed by atoms with Crippen LogP contribution in [-0.4, -0.2) is 24.9 Å². The molecule has 0 unspecified atom stereocenters. The zero-order chi connectivity index (χ0) is 8.53. The Kier molecular flexibility index (Phi) is 7.69. The Morgan fingerprint density at radius 1 is 1.55 bits per heavy atom. The number of ether oxygens (including phenoxy) is 1. The Labute approximate surface area is 73.6 Å². The van der Waals surface area contributed by atoms with Crippen LogP contribution in [-0.2, 0) is 4.74 Å². The van der Waals surface area contributed by atoms with Crippen molar-refractivity contribution >= 4 is 17.5 Å². The van der Waals surface area contributed by atoms with Crippen LogP contribution < -0.4 is 0 Å². The summed E-state index contributed by atoms with van der Waals surface area (Å²) in [6, 6.07) is 0. The molecule has 0 saturated heterocycles. The lowest BCUT2D eigenvalue weighted by Crippen LogP contribution is -1.94. The van der Waals surface area contributed by atoms with E-state index in [9.17, 15) is 0 Å². The van der Waals surface area contributed by atoms with Crippen molar-refractivity contribution in [1.82, 2.24) is 0 Å². The molecule has 2 nitrogen and oxygen atoms in total. The van der Waals surface area contributed by atoms with E-state index in [0.717, 1.165) is 37.8 Å². The van der Waals surface area contributed by atoms with E-state index in [1.165, 1.54) is 0 Å². The molecule has 1 aliphatic rings. The molecule has 0 saturated carbocycles. The number of hydrogen-bond acceptors (Lipinski definition) is 2. The van der Waals surface area contributed by atoms with E-state index in [4.69, 9.17) is 16.3 Å². The lowest BCUT2D eigenvalue weighted by atomic mass is 10.5. The molecular weight excluding hydrogens is 162 g/mol. The van der Waals surface area contributed by atoms with Gasteiger partial charge in [0.15, 0.2) is 5.90 Å². The Morgan fingerprint density at radius 3 is 2.36 bits per heavy atom. The highest BCUT2D eigenvalue weighted by molar-refractivity contribution is 6.17. The predicted molar refractivity (Wildman–Crippen MR) is 49.6 cm³/mol. The summed E-state index contributed by atoms with van der Waals surface area (Å²) in [7, 11) is 0. The van der Waals surface area contributed by atoms with Gasteiger partial charge in [0.1, 0.15) is 6.61 Å².